The van der Waals surface area contributed by atoms with Crippen LogP contribution in [0.4, 0.5) is 0 Å². The molecule has 94 valence electrons. The van der Waals surface area contributed by atoms with Crippen molar-refractivity contribution in [2.75, 3.05) is 7.11 Å². The Balaban J connectivity index is 2.49. The SMILES string of the molecule is CCCCCCCc1ccccc1C(=O)OC. The first-order valence-corrected chi connectivity index (χ1v) is 6.45. The summed E-state index contributed by atoms with van der Waals surface area (Å²) in [6.07, 6.45) is 7.21. The molecule has 0 N–H and O–H groups in total. The summed E-state index contributed by atoms with van der Waals surface area (Å²) in [5, 5.41) is 0. The van der Waals surface area contributed by atoms with Gasteiger partial charge in [-0.1, -0.05) is 50.8 Å². The van der Waals surface area contributed by atoms with Crippen LogP contribution < -0.4 is 0 Å². The highest BCUT2D eigenvalue weighted by atomic mass is 16.5. The van der Waals surface area contributed by atoms with Crippen molar-refractivity contribution in [2.24, 2.45) is 0 Å². The molecular weight excluding hydrogens is 212 g/mol. The fraction of sp³-hybridized carbons (Fsp3) is 0.533. The van der Waals surface area contributed by atoms with Crippen LogP contribution in [0.2, 0.25) is 0 Å². The van der Waals surface area contributed by atoms with Crippen molar-refractivity contribution in [3.05, 3.63) is 35.4 Å². The van der Waals surface area contributed by atoms with Crippen LogP contribution in [0.1, 0.15) is 54.9 Å². The molecule has 2 nitrogen and oxygen atoms in total. The minimum atomic E-state index is -0.228. The lowest BCUT2D eigenvalue weighted by molar-refractivity contribution is 0.0599. The number of ether oxygens (including phenoxy) is 1. The predicted octanol–water partition coefficient (Wildman–Crippen LogP) is 3.99. The number of hydrogen-bond donors (Lipinski definition) is 0. The fourth-order valence-corrected chi connectivity index (χ4v) is 1.97. The van der Waals surface area contributed by atoms with Gasteiger partial charge in [0.2, 0.25) is 0 Å². The molecule has 0 fully saturated rings. The zero-order chi connectivity index (χ0) is 12.5. The van der Waals surface area contributed by atoms with Crippen molar-refractivity contribution in [3.8, 4) is 0 Å². The van der Waals surface area contributed by atoms with E-state index in [1.807, 2.05) is 24.3 Å². The summed E-state index contributed by atoms with van der Waals surface area (Å²) in [4.78, 5) is 11.5. The van der Waals surface area contributed by atoms with Crippen LogP contribution in [0.25, 0.3) is 0 Å². The molecule has 0 amide bonds. The van der Waals surface area contributed by atoms with Crippen molar-refractivity contribution < 1.29 is 9.53 Å². The lowest BCUT2D eigenvalue weighted by Crippen LogP contribution is -2.05. The lowest BCUT2D eigenvalue weighted by Gasteiger charge is -2.07. The second-order valence-corrected chi connectivity index (χ2v) is 4.31. The maximum absolute atomic E-state index is 11.5. The molecule has 0 aliphatic carbocycles. The maximum atomic E-state index is 11.5. The predicted molar refractivity (Wildman–Crippen MR) is 70.2 cm³/mol. The maximum Gasteiger partial charge on any atom is 0.338 e. The van der Waals surface area contributed by atoms with Gasteiger partial charge in [0.25, 0.3) is 0 Å². The molecule has 0 saturated carbocycles. The molecule has 0 aliphatic heterocycles. The third-order valence-corrected chi connectivity index (χ3v) is 2.97. The normalized spacial score (nSPS) is 10.2. The highest BCUT2D eigenvalue weighted by molar-refractivity contribution is 5.90. The van der Waals surface area contributed by atoms with Gasteiger partial charge in [0, 0.05) is 0 Å². The van der Waals surface area contributed by atoms with Gasteiger partial charge in [0.1, 0.15) is 0 Å². The number of carbonyl (C=O) groups excluding carboxylic acids is 1. The van der Waals surface area contributed by atoms with Crippen LogP contribution in [0, 0.1) is 0 Å². The second kappa shape index (κ2) is 7.88. The van der Waals surface area contributed by atoms with E-state index in [1.54, 1.807) is 0 Å². The summed E-state index contributed by atoms with van der Waals surface area (Å²) in [6.45, 7) is 2.21. The third-order valence-electron chi connectivity index (χ3n) is 2.97. The molecule has 0 spiro atoms. The van der Waals surface area contributed by atoms with E-state index >= 15 is 0 Å². The van der Waals surface area contributed by atoms with E-state index in [9.17, 15) is 4.79 Å². The van der Waals surface area contributed by atoms with Gasteiger partial charge >= 0.3 is 5.97 Å². The lowest BCUT2D eigenvalue weighted by atomic mass is 10.0. The van der Waals surface area contributed by atoms with Gasteiger partial charge in [0.15, 0.2) is 0 Å². The summed E-state index contributed by atoms with van der Waals surface area (Å²) in [7, 11) is 1.43. The molecule has 0 radical (unpaired) electrons. The van der Waals surface area contributed by atoms with Crippen molar-refractivity contribution in [1.29, 1.82) is 0 Å². The number of methoxy groups -OCH3 is 1. The molecule has 0 heterocycles. The highest BCUT2D eigenvalue weighted by Crippen LogP contribution is 2.14. The molecule has 0 aliphatic rings. The van der Waals surface area contributed by atoms with Crippen molar-refractivity contribution in [3.63, 3.8) is 0 Å². The zero-order valence-corrected chi connectivity index (χ0v) is 10.9. The molecule has 0 aromatic heterocycles. The summed E-state index contributed by atoms with van der Waals surface area (Å²) >= 11 is 0. The van der Waals surface area contributed by atoms with E-state index in [0.717, 1.165) is 18.4 Å². The average molecular weight is 234 g/mol. The van der Waals surface area contributed by atoms with Crippen LogP contribution >= 0.6 is 0 Å². The van der Waals surface area contributed by atoms with Crippen LogP contribution in [-0.2, 0) is 11.2 Å². The van der Waals surface area contributed by atoms with Gasteiger partial charge in [-0.15, -0.1) is 0 Å². The second-order valence-electron chi connectivity index (χ2n) is 4.31. The number of unbranched alkanes of at least 4 members (excludes halogenated alkanes) is 4. The van der Waals surface area contributed by atoms with Crippen LogP contribution in [-0.4, -0.2) is 13.1 Å². The molecule has 0 atom stereocenters. The largest absolute Gasteiger partial charge is 0.465 e. The van der Waals surface area contributed by atoms with E-state index in [0.29, 0.717) is 5.56 Å². The van der Waals surface area contributed by atoms with Gasteiger partial charge in [0.05, 0.1) is 12.7 Å². The Morgan fingerprint density at radius 2 is 1.82 bits per heavy atom. The summed E-state index contributed by atoms with van der Waals surface area (Å²) in [5.41, 5.74) is 1.82. The highest BCUT2D eigenvalue weighted by Gasteiger charge is 2.09. The van der Waals surface area contributed by atoms with Crippen molar-refractivity contribution in [1.82, 2.24) is 0 Å². The zero-order valence-electron chi connectivity index (χ0n) is 10.9. The van der Waals surface area contributed by atoms with Crippen LogP contribution in [0.5, 0.6) is 0 Å². The van der Waals surface area contributed by atoms with Gasteiger partial charge in [-0.05, 0) is 24.5 Å². The van der Waals surface area contributed by atoms with E-state index in [-0.39, 0.29) is 5.97 Å². The molecule has 1 aromatic carbocycles. The molecule has 0 saturated heterocycles. The summed E-state index contributed by atoms with van der Waals surface area (Å²) in [5.74, 6) is -0.228. The number of carbonyl (C=O) groups is 1. The van der Waals surface area contributed by atoms with Crippen molar-refractivity contribution >= 4 is 5.97 Å². The molecule has 1 aromatic rings. The Labute approximate surface area is 104 Å². The van der Waals surface area contributed by atoms with Crippen LogP contribution in [0.3, 0.4) is 0 Å². The Kier molecular flexibility index (Phi) is 6.38. The number of benzene rings is 1. The molecular formula is C15H22O2. The quantitative estimate of drug-likeness (QED) is 0.527. The van der Waals surface area contributed by atoms with Gasteiger partial charge in [-0.2, -0.15) is 0 Å². The molecule has 0 unspecified atom stereocenters. The van der Waals surface area contributed by atoms with Crippen molar-refractivity contribution in [2.45, 2.75) is 45.4 Å². The number of esters is 1. The van der Waals surface area contributed by atoms with Gasteiger partial charge in [-0.25, -0.2) is 4.79 Å². The fourth-order valence-electron chi connectivity index (χ4n) is 1.97. The number of aryl methyl sites for hydroxylation is 1. The molecule has 2 heteroatoms. The number of rotatable bonds is 7. The third kappa shape index (κ3) is 4.59. The minimum absolute atomic E-state index is 0.228. The van der Waals surface area contributed by atoms with Crippen LogP contribution in [0.15, 0.2) is 24.3 Å². The Morgan fingerprint density at radius 3 is 2.53 bits per heavy atom. The molecule has 17 heavy (non-hydrogen) atoms. The summed E-state index contributed by atoms with van der Waals surface area (Å²) in [6, 6.07) is 7.72. The standard InChI is InChI=1S/C15H22O2/c1-3-4-5-6-7-10-13-11-8-9-12-14(13)15(16)17-2/h8-9,11-12H,3-7,10H2,1-2H3. The Morgan fingerprint density at radius 1 is 1.12 bits per heavy atom. The van der Waals surface area contributed by atoms with Gasteiger partial charge < -0.3 is 4.74 Å². The van der Waals surface area contributed by atoms with E-state index in [2.05, 4.69) is 6.92 Å². The average Bonchev–Trinajstić information content (AvgIpc) is 2.38. The van der Waals surface area contributed by atoms with E-state index in [1.165, 1.54) is 32.8 Å². The first kappa shape index (κ1) is 13.8. The first-order valence-electron chi connectivity index (χ1n) is 6.45. The Hall–Kier alpha value is -1.31. The molecule has 0 bridgehead atoms. The minimum Gasteiger partial charge on any atom is -0.465 e. The monoisotopic (exact) mass is 234 g/mol. The Bertz CT molecular complexity index is 345. The number of hydrogen-bond acceptors (Lipinski definition) is 2. The van der Waals surface area contributed by atoms with Gasteiger partial charge in [-0.3, -0.25) is 0 Å². The smallest absolute Gasteiger partial charge is 0.338 e. The first-order chi connectivity index (χ1) is 8.29. The van der Waals surface area contributed by atoms with E-state index < -0.39 is 0 Å². The molecule has 1 rings (SSSR count). The van der Waals surface area contributed by atoms with E-state index in [4.69, 9.17) is 4.74 Å². The summed E-state index contributed by atoms with van der Waals surface area (Å²) < 4.78 is 4.78. The topological polar surface area (TPSA) is 26.3 Å².